The van der Waals surface area contributed by atoms with Gasteiger partial charge in [-0.25, -0.2) is 5.43 Å². The number of hydrogen-bond donors (Lipinski definition) is 3. The average molecular weight is 314 g/mol. The molecular formula is C18H22N2O3. The second kappa shape index (κ2) is 7.97. The molecule has 3 rings (SSSR count). The van der Waals surface area contributed by atoms with Gasteiger partial charge in [0.25, 0.3) is 0 Å². The Hall–Kier alpha value is -2.08. The molecule has 5 nitrogen and oxygen atoms in total. The van der Waals surface area contributed by atoms with Gasteiger partial charge < -0.3 is 14.6 Å². The number of aliphatic hydroxyl groups is 1. The maximum Gasteiger partial charge on any atom is 0.124 e. The summed E-state index contributed by atoms with van der Waals surface area (Å²) in [5, 5.41) is 9.23. The molecule has 0 bridgehead atoms. The summed E-state index contributed by atoms with van der Waals surface area (Å²) in [6.07, 6.45) is 0.831. The van der Waals surface area contributed by atoms with E-state index in [-0.39, 0.29) is 18.7 Å². The quantitative estimate of drug-likeness (QED) is 0.683. The van der Waals surface area contributed by atoms with Crippen LogP contribution in [0.5, 0.6) is 11.5 Å². The van der Waals surface area contributed by atoms with E-state index < -0.39 is 0 Å². The van der Waals surface area contributed by atoms with Crippen LogP contribution in [0.3, 0.4) is 0 Å². The van der Waals surface area contributed by atoms with Gasteiger partial charge in [0.1, 0.15) is 24.7 Å². The lowest BCUT2D eigenvalue weighted by atomic mass is 10.0. The molecule has 5 heteroatoms. The SMILES string of the molecule is OCC1CC(c2ccccc2OCCOc2ccccc2)NN1. The van der Waals surface area contributed by atoms with Crippen molar-refractivity contribution in [3.05, 3.63) is 60.2 Å². The Morgan fingerprint density at radius 3 is 2.43 bits per heavy atom. The van der Waals surface area contributed by atoms with E-state index in [1.165, 1.54) is 0 Å². The molecule has 1 heterocycles. The van der Waals surface area contributed by atoms with E-state index in [4.69, 9.17) is 9.47 Å². The van der Waals surface area contributed by atoms with Crippen molar-refractivity contribution >= 4 is 0 Å². The predicted molar refractivity (Wildman–Crippen MR) is 88.4 cm³/mol. The fraction of sp³-hybridized carbons (Fsp3) is 0.333. The molecule has 122 valence electrons. The van der Waals surface area contributed by atoms with Gasteiger partial charge in [0.05, 0.1) is 12.6 Å². The molecule has 1 aliphatic rings. The topological polar surface area (TPSA) is 62.8 Å². The van der Waals surface area contributed by atoms with Crippen molar-refractivity contribution in [1.82, 2.24) is 10.9 Å². The zero-order chi connectivity index (χ0) is 15.9. The summed E-state index contributed by atoms with van der Waals surface area (Å²) in [5.74, 6) is 1.69. The van der Waals surface area contributed by atoms with Crippen LogP contribution in [0.1, 0.15) is 18.0 Å². The number of hydrogen-bond acceptors (Lipinski definition) is 5. The first-order valence-corrected chi connectivity index (χ1v) is 7.88. The van der Waals surface area contributed by atoms with Crippen molar-refractivity contribution in [2.45, 2.75) is 18.5 Å². The smallest absolute Gasteiger partial charge is 0.124 e. The van der Waals surface area contributed by atoms with E-state index in [2.05, 4.69) is 10.9 Å². The van der Waals surface area contributed by atoms with Gasteiger partial charge in [-0.05, 0) is 24.6 Å². The Bertz CT molecular complexity index is 606. The monoisotopic (exact) mass is 314 g/mol. The molecule has 2 aromatic rings. The maximum absolute atomic E-state index is 9.23. The second-order valence-corrected chi connectivity index (χ2v) is 5.50. The number of hydrazine groups is 1. The Morgan fingerprint density at radius 2 is 1.65 bits per heavy atom. The van der Waals surface area contributed by atoms with E-state index in [9.17, 15) is 5.11 Å². The van der Waals surface area contributed by atoms with Crippen molar-refractivity contribution in [1.29, 1.82) is 0 Å². The first-order chi connectivity index (χ1) is 11.4. The van der Waals surface area contributed by atoms with Crippen LogP contribution in [0.15, 0.2) is 54.6 Å². The van der Waals surface area contributed by atoms with Crippen LogP contribution in [0.2, 0.25) is 0 Å². The molecule has 0 radical (unpaired) electrons. The van der Waals surface area contributed by atoms with E-state index >= 15 is 0 Å². The van der Waals surface area contributed by atoms with Crippen LogP contribution in [0, 0.1) is 0 Å². The lowest BCUT2D eigenvalue weighted by Gasteiger charge is -2.16. The molecule has 0 spiro atoms. The lowest BCUT2D eigenvalue weighted by Crippen LogP contribution is -2.32. The zero-order valence-electron chi connectivity index (χ0n) is 12.9. The summed E-state index contributed by atoms with van der Waals surface area (Å²) >= 11 is 0. The van der Waals surface area contributed by atoms with Gasteiger partial charge in [-0.3, -0.25) is 5.43 Å². The van der Waals surface area contributed by atoms with Crippen molar-refractivity contribution in [3.8, 4) is 11.5 Å². The second-order valence-electron chi connectivity index (χ2n) is 5.50. The number of aliphatic hydroxyl groups excluding tert-OH is 1. The summed E-state index contributed by atoms with van der Waals surface area (Å²) < 4.78 is 11.5. The minimum absolute atomic E-state index is 0.0782. The Morgan fingerprint density at radius 1 is 0.913 bits per heavy atom. The molecule has 0 saturated carbocycles. The van der Waals surface area contributed by atoms with Gasteiger partial charge in [-0.1, -0.05) is 36.4 Å². The van der Waals surface area contributed by atoms with Crippen molar-refractivity contribution in [2.75, 3.05) is 19.8 Å². The first kappa shape index (κ1) is 15.8. The van der Waals surface area contributed by atoms with Crippen LogP contribution >= 0.6 is 0 Å². The highest BCUT2D eigenvalue weighted by Gasteiger charge is 2.26. The van der Waals surface area contributed by atoms with Gasteiger partial charge >= 0.3 is 0 Å². The molecule has 3 N–H and O–H groups in total. The summed E-state index contributed by atoms with van der Waals surface area (Å²) in [7, 11) is 0. The molecule has 0 amide bonds. The van der Waals surface area contributed by atoms with E-state index in [0.717, 1.165) is 23.5 Å². The fourth-order valence-electron chi connectivity index (χ4n) is 2.67. The molecule has 2 unspecified atom stereocenters. The highest BCUT2D eigenvalue weighted by molar-refractivity contribution is 5.36. The normalized spacial score (nSPS) is 20.4. The van der Waals surface area contributed by atoms with Crippen LogP contribution in [0.25, 0.3) is 0 Å². The van der Waals surface area contributed by atoms with Crippen molar-refractivity contribution in [2.24, 2.45) is 0 Å². The number of para-hydroxylation sites is 2. The van der Waals surface area contributed by atoms with Gasteiger partial charge in [-0.2, -0.15) is 0 Å². The standard InChI is InChI=1S/C18H22N2O3/c21-13-14-12-17(20-19-14)16-8-4-5-9-18(16)23-11-10-22-15-6-2-1-3-7-15/h1-9,14,17,19-21H,10-13H2. The third kappa shape index (κ3) is 4.22. The number of nitrogens with one attached hydrogen (secondary N) is 2. The fourth-order valence-corrected chi connectivity index (χ4v) is 2.67. The highest BCUT2D eigenvalue weighted by Crippen LogP contribution is 2.30. The molecule has 2 aromatic carbocycles. The molecule has 1 fully saturated rings. The van der Waals surface area contributed by atoms with E-state index in [1.54, 1.807) is 0 Å². The summed E-state index contributed by atoms with van der Waals surface area (Å²) in [5.41, 5.74) is 7.39. The summed E-state index contributed by atoms with van der Waals surface area (Å²) in [6, 6.07) is 17.9. The first-order valence-electron chi connectivity index (χ1n) is 7.88. The zero-order valence-corrected chi connectivity index (χ0v) is 12.9. The lowest BCUT2D eigenvalue weighted by molar-refractivity contribution is 0.215. The van der Waals surface area contributed by atoms with Crippen LogP contribution in [-0.4, -0.2) is 31.0 Å². The minimum Gasteiger partial charge on any atom is -0.490 e. The largest absolute Gasteiger partial charge is 0.490 e. The Labute approximate surface area is 136 Å². The molecule has 1 aliphatic heterocycles. The average Bonchev–Trinajstić information content (AvgIpc) is 3.09. The maximum atomic E-state index is 9.23. The van der Waals surface area contributed by atoms with Crippen molar-refractivity contribution < 1.29 is 14.6 Å². The van der Waals surface area contributed by atoms with E-state index in [1.807, 2.05) is 54.6 Å². The predicted octanol–water partition coefficient (Wildman–Crippen LogP) is 2.04. The highest BCUT2D eigenvalue weighted by atomic mass is 16.5. The molecule has 1 saturated heterocycles. The van der Waals surface area contributed by atoms with Gasteiger partial charge in [0, 0.05) is 11.6 Å². The molecule has 0 aromatic heterocycles. The van der Waals surface area contributed by atoms with Crippen LogP contribution in [0.4, 0.5) is 0 Å². The summed E-state index contributed by atoms with van der Waals surface area (Å²) in [6.45, 7) is 1.10. The third-order valence-electron chi connectivity index (χ3n) is 3.85. The minimum atomic E-state index is 0.0782. The number of benzene rings is 2. The number of ether oxygens (including phenoxy) is 2. The third-order valence-corrected chi connectivity index (χ3v) is 3.85. The molecule has 23 heavy (non-hydrogen) atoms. The Kier molecular flexibility index (Phi) is 5.47. The van der Waals surface area contributed by atoms with E-state index in [0.29, 0.717) is 13.2 Å². The number of rotatable bonds is 7. The van der Waals surface area contributed by atoms with Crippen molar-refractivity contribution in [3.63, 3.8) is 0 Å². The Balaban J connectivity index is 1.54. The molecule has 2 atom stereocenters. The van der Waals surface area contributed by atoms with Crippen LogP contribution in [-0.2, 0) is 0 Å². The molecular weight excluding hydrogens is 292 g/mol. The van der Waals surface area contributed by atoms with Gasteiger partial charge in [-0.15, -0.1) is 0 Å². The molecule has 0 aliphatic carbocycles. The van der Waals surface area contributed by atoms with Gasteiger partial charge in [0.15, 0.2) is 0 Å². The van der Waals surface area contributed by atoms with Crippen LogP contribution < -0.4 is 20.3 Å². The summed E-state index contributed by atoms with van der Waals surface area (Å²) in [4.78, 5) is 0. The van der Waals surface area contributed by atoms with Gasteiger partial charge in [0.2, 0.25) is 0 Å².